The molecule has 0 fully saturated rings. The maximum absolute atomic E-state index is 2.31. The summed E-state index contributed by atoms with van der Waals surface area (Å²) >= 11 is 0. The van der Waals surface area contributed by atoms with Gasteiger partial charge in [-0.15, -0.1) is 0 Å². The molecule has 0 heteroatoms. The number of hydrogen-bond acceptors (Lipinski definition) is 0. The molecule has 0 nitrogen and oxygen atoms in total. The van der Waals surface area contributed by atoms with Gasteiger partial charge in [-0.05, 0) is 25.7 Å². The molecule has 0 aliphatic heterocycles. The number of allylic oxidation sites excluding steroid dienone is 4. The van der Waals surface area contributed by atoms with Gasteiger partial charge in [0.05, 0.1) is 0 Å². The fourth-order valence-corrected chi connectivity index (χ4v) is 1.73. The number of rotatable bonds is 11. The molecule has 0 radical (unpaired) electrons. The standard InChI is InChI=1S/C16H30/c1-3-5-7-9-11-13-15-16-14-12-10-8-6-4-2/h11,13,15-16H,3-10,12,14H2,1-2H3/b13-11+,16-15-. The molecule has 0 amide bonds. The molecule has 16 heavy (non-hydrogen) atoms. The van der Waals surface area contributed by atoms with Gasteiger partial charge in [0, 0.05) is 0 Å². The average Bonchev–Trinajstić information content (AvgIpc) is 2.31. The van der Waals surface area contributed by atoms with Crippen LogP contribution in [-0.2, 0) is 0 Å². The first-order valence-electron chi connectivity index (χ1n) is 7.23. The highest BCUT2D eigenvalue weighted by molar-refractivity contribution is 5.02. The number of unbranched alkanes of at least 4 members (excludes halogenated alkanes) is 8. The van der Waals surface area contributed by atoms with E-state index in [0.29, 0.717) is 0 Å². The minimum atomic E-state index is 1.24. The van der Waals surface area contributed by atoms with Crippen LogP contribution in [0.15, 0.2) is 24.3 Å². The van der Waals surface area contributed by atoms with Crippen LogP contribution in [0, 0.1) is 0 Å². The maximum atomic E-state index is 2.31. The van der Waals surface area contributed by atoms with E-state index in [0.717, 1.165) is 0 Å². The first-order valence-corrected chi connectivity index (χ1v) is 7.23. The fraction of sp³-hybridized carbons (Fsp3) is 0.750. The van der Waals surface area contributed by atoms with E-state index in [2.05, 4.69) is 38.2 Å². The van der Waals surface area contributed by atoms with E-state index in [9.17, 15) is 0 Å². The molecule has 0 heterocycles. The van der Waals surface area contributed by atoms with Gasteiger partial charge in [0.2, 0.25) is 0 Å². The lowest BCUT2D eigenvalue weighted by Gasteiger charge is -1.95. The molecule has 0 saturated carbocycles. The van der Waals surface area contributed by atoms with Gasteiger partial charge in [0.15, 0.2) is 0 Å². The van der Waals surface area contributed by atoms with Gasteiger partial charge in [0.25, 0.3) is 0 Å². The van der Waals surface area contributed by atoms with E-state index in [1.807, 2.05) is 0 Å². The Morgan fingerprint density at radius 1 is 0.562 bits per heavy atom. The van der Waals surface area contributed by atoms with Crippen LogP contribution in [0.1, 0.15) is 78.1 Å². The molecule has 0 aliphatic carbocycles. The zero-order valence-corrected chi connectivity index (χ0v) is 11.4. The Bertz CT molecular complexity index is 165. The zero-order chi connectivity index (χ0) is 11.9. The van der Waals surface area contributed by atoms with E-state index in [1.54, 1.807) is 0 Å². The summed E-state index contributed by atoms with van der Waals surface area (Å²) in [6, 6.07) is 0. The molecular formula is C16H30. The largest absolute Gasteiger partial charge is 0.0845 e. The monoisotopic (exact) mass is 222 g/mol. The first kappa shape index (κ1) is 15.5. The highest BCUT2D eigenvalue weighted by Gasteiger charge is 1.85. The Balaban J connectivity index is 3.14. The number of hydrogen-bond donors (Lipinski definition) is 0. The summed E-state index contributed by atoms with van der Waals surface area (Å²) in [4.78, 5) is 0. The van der Waals surface area contributed by atoms with Gasteiger partial charge in [-0.2, -0.15) is 0 Å². The molecule has 0 unspecified atom stereocenters. The van der Waals surface area contributed by atoms with E-state index < -0.39 is 0 Å². The van der Waals surface area contributed by atoms with E-state index in [4.69, 9.17) is 0 Å². The lowest BCUT2D eigenvalue weighted by molar-refractivity contribution is 0.637. The summed E-state index contributed by atoms with van der Waals surface area (Å²) in [7, 11) is 0. The Labute approximate surface area is 103 Å². The molecule has 0 bridgehead atoms. The summed E-state index contributed by atoms with van der Waals surface area (Å²) < 4.78 is 0. The Morgan fingerprint density at radius 3 is 1.56 bits per heavy atom. The van der Waals surface area contributed by atoms with Crippen molar-refractivity contribution in [3.8, 4) is 0 Å². The van der Waals surface area contributed by atoms with Crippen LogP contribution >= 0.6 is 0 Å². The smallest absolute Gasteiger partial charge is 0.0348 e. The summed E-state index contributed by atoms with van der Waals surface area (Å²) in [5, 5.41) is 0. The topological polar surface area (TPSA) is 0 Å². The van der Waals surface area contributed by atoms with Crippen molar-refractivity contribution in [1.82, 2.24) is 0 Å². The molecular weight excluding hydrogens is 192 g/mol. The molecule has 0 aromatic rings. The highest BCUT2D eigenvalue weighted by Crippen LogP contribution is 2.05. The Hall–Kier alpha value is -0.520. The minimum absolute atomic E-state index is 1.24. The van der Waals surface area contributed by atoms with E-state index in [1.165, 1.54) is 64.2 Å². The molecule has 0 N–H and O–H groups in total. The second-order valence-electron chi connectivity index (χ2n) is 4.55. The highest BCUT2D eigenvalue weighted by atomic mass is 13.9. The maximum Gasteiger partial charge on any atom is -0.0348 e. The van der Waals surface area contributed by atoms with Crippen LogP contribution in [0.4, 0.5) is 0 Å². The molecule has 94 valence electrons. The molecule has 0 atom stereocenters. The quantitative estimate of drug-likeness (QED) is 0.295. The van der Waals surface area contributed by atoms with Crippen molar-refractivity contribution < 1.29 is 0 Å². The van der Waals surface area contributed by atoms with Gasteiger partial charge in [-0.1, -0.05) is 76.7 Å². The van der Waals surface area contributed by atoms with Crippen LogP contribution in [0.2, 0.25) is 0 Å². The van der Waals surface area contributed by atoms with Crippen LogP contribution in [-0.4, -0.2) is 0 Å². The second kappa shape index (κ2) is 14.5. The van der Waals surface area contributed by atoms with Gasteiger partial charge < -0.3 is 0 Å². The van der Waals surface area contributed by atoms with Crippen molar-refractivity contribution in [2.45, 2.75) is 78.1 Å². The fourth-order valence-electron chi connectivity index (χ4n) is 1.73. The predicted molar refractivity (Wildman–Crippen MR) is 75.8 cm³/mol. The molecule has 0 aromatic carbocycles. The lowest BCUT2D eigenvalue weighted by Crippen LogP contribution is -1.75. The first-order chi connectivity index (χ1) is 7.91. The van der Waals surface area contributed by atoms with Gasteiger partial charge >= 0.3 is 0 Å². The Morgan fingerprint density at radius 2 is 1.00 bits per heavy atom. The van der Waals surface area contributed by atoms with Crippen LogP contribution < -0.4 is 0 Å². The van der Waals surface area contributed by atoms with Gasteiger partial charge in [0.1, 0.15) is 0 Å². The van der Waals surface area contributed by atoms with Crippen molar-refractivity contribution in [3.63, 3.8) is 0 Å². The van der Waals surface area contributed by atoms with Gasteiger partial charge in [-0.3, -0.25) is 0 Å². The summed E-state index contributed by atoms with van der Waals surface area (Å²) in [5.41, 5.74) is 0. The van der Waals surface area contributed by atoms with E-state index in [-0.39, 0.29) is 0 Å². The summed E-state index contributed by atoms with van der Waals surface area (Å²) in [6.45, 7) is 4.52. The normalized spacial score (nSPS) is 11.9. The second-order valence-corrected chi connectivity index (χ2v) is 4.55. The Kier molecular flexibility index (Phi) is 14.0. The van der Waals surface area contributed by atoms with Crippen LogP contribution in [0.5, 0.6) is 0 Å². The molecule has 0 saturated heterocycles. The van der Waals surface area contributed by atoms with Crippen LogP contribution in [0.3, 0.4) is 0 Å². The van der Waals surface area contributed by atoms with Crippen molar-refractivity contribution in [2.24, 2.45) is 0 Å². The zero-order valence-electron chi connectivity index (χ0n) is 11.4. The third-order valence-corrected chi connectivity index (χ3v) is 2.83. The molecule has 0 aromatic heterocycles. The predicted octanol–water partition coefficient (Wildman–Crippen LogP) is 6.04. The minimum Gasteiger partial charge on any atom is -0.0845 e. The third-order valence-electron chi connectivity index (χ3n) is 2.83. The summed E-state index contributed by atoms with van der Waals surface area (Å²) in [6.07, 6.45) is 22.5. The van der Waals surface area contributed by atoms with Crippen molar-refractivity contribution in [2.75, 3.05) is 0 Å². The van der Waals surface area contributed by atoms with Gasteiger partial charge in [-0.25, -0.2) is 0 Å². The summed E-state index contributed by atoms with van der Waals surface area (Å²) in [5.74, 6) is 0. The average molecular weight is 222 g/mol. The van der Waals surface area contributed by atoms with Crippen LogP contribution in [0.25, 0.3) is 0 Å². The van der Waals surface area contributed by atoms with Crippen molar-refractivity contribution in [3.05, 3.63) is 24.3 Å². The van der Waals surface area contributed by atoms with Crippen molar-refractivity contribution >= 4 is 0 Å². The molecule has 0 rings (SSSR count). The molecule has 0 aliphatic rings. The SMILES string of the molecule is CCCCC/C=C/C=C\CCCCCCC. The van der Waals surface area contributed by atoms with E-state index >= 15 is 0 Å². The van der Waals surface area contributed by atoms with Crippen molar-refractivity contribution in [1.29, 1.82) is 0 Å². The molecule has 0 spiro atoms. The third kappa shape index (κ3) is 13.5. The lowest BCUT2D eigenvalue weighted by atomic mass is 10.1.